The van der Waals surface area contributed by atoms with Crippen LogP contribution >= 0.6 is 0 Å². The van der Waals surface area contributed by atoms with Gasteiger partial charge in [-0.15, -0.1) is 0 Å². The summed E-state index contributed by atoms with van der Waals surface area (Å²) in [7, 11) is 1.82. The van der Waals surface area contributed by atoms with Gasteiger partial charge in [-0.25, -0.2) is 4.68 Å². The molecule has 2 aromatic rings. The molecule has 0 aliphatic heterocycles. The van der Waals surface area contributed by atoms with Crippen molar-refractivity contribution in [3.63, 3.8) is 0 Å². The fourth-order valence-corrected chi connectivity index (χ4v) is 2.28. The lowest BCUT2D eigenvalue weighted by atomic mass is 10.3. The molecule has 1 N–H and O–H groups in total. The maximum Gasteiger partial charge on any atom is 0.295 e. The molecule has 1 amide bonds. The maximum atomic E-state index is 12.5. The summed E-state index contributed by atoms with van der Waals surface area (Å²) in [4.78, 5) is 24.4. The van der Waals surface area contributed by atoms with Crippen LogP contribution in [0.2, 0.25) is 0 Å². The van der Waals surface area contributed by atoms with Crippen molar-refractivity contribution in [1.82, 2.24) is 9.36 Å². The van der Waals surface area contributed by atoms with Crippen LogP contribution in [0.15, 0.2) is 35.1 Å². The van der Waals surface area contributed by atoms with E-state index in [4.69, 9.17) is 0 Å². The van der Waals surface area contributed by atoms with Gasteiger partial charge in [-0.1, -0.05) is 18.2 Å². The average Bonchev–Trinajstić information content (AvgIpc) is 3.26. The first-order chi connectivity index (χ1) is 9.59. The summed E-state index contributed by atoms with van der Waals surface area (Å²) < 4.78 is 3.33. The molecule has 1 aromatic heterocycles. The van der Waals surface area contributed by atoms with Gasteiger partial charge in [0, 0.05) is 13.0 Å². The van der Waals surface area contributed by atoms with Crippen molar-refractivity contribution in [1.29, 1.82) is 0 Å². The Bertz CT molecular complexity index is 709. The highest BCUT2D eigenvalue weighted by molar-refractivity contribution is 5.94. The van der Waals surface area contributed by atoms with Gasteiger partial charge in [-0.05, 0) is 31.9 Å². The third-order valence-corrected chi connectivity index (χ3v) is 3.75. The van der Waals surface area contributed by atoms with E-state index < -0.39 is 0 Å². The number of rotatable bonds is 3. The first kappa shape index (κ1) is 12.7. The van der Waals surface area contributed by atoms with E-state index >= 15 is 0 Å². The van der Waals surface area contributed by atoms with E-state index in [9.17, 15) is 9.59 Å². The van der Waals surface area contributed by atoms with E-state index in [1.165, 1.54) is 0 Å². The largest absolute Gasteiger partial charge is 0.320 e. The van der Waals surface area contributed by atoms with Crippen molar-refractivity contribution >= 4 is 11.6 Å². The van der Waals surface area contributed by atoms with Gasteiger partial charge in [0.05, 0.1) is 11.4 Å². The van der Waals surface area contributed by atoms with E-state index in [1.807, 2.05) is 44.3 Å². The first-order valence-corrected chi connectivity index (χ1v) is 6.74. The minimum Gasteiger partial charge on any atom is -0.320 e. The zero-order valence-corrected chi connectivity index (χ0v) is 11.6. The molecule has 1 aliphatic carbocycles. The Morgan fingerprint density at radius 2 is 1.90 bits per heavy atom. The zero-order valence-electron chi connectivity index (χ0n) is 11.6. The second kappa shape index (κ2) is 4.67. The Labute approximate surface area is 116 Å². The van der Waals surface area contributed by atoms with Crippen LogP contribution in [0.5, 0.6) is 0 Å². The molecule has 1 heterocycles. The minimum atomic E-state index is -0.190. The van der Waals surface area contributed by atoms with Crippen molar-refractivity contribution in [2.75, 3.05) is 5.32 Å². The molecule has 104 valence electrons. The molecule has 20 heavy (non-hydrogen) atoms. The lowest BCUT2D eigenvalue weighted by Gasteiger charge is -2.07. The number of nitrogens with zero attached hydrogens (tertiary/aromatic N) is 2. The number of para-hydroxylation sites is 1. The number of benzene rings is 1. The topological polar surface area (TPSA) is 56.0 Å². The molecule has 0 radical (unpaired) electrons. The molecule has 0 bridgehead atoms. The number of anilines is 1. The molecule has 5 nitrogen and oxygen atoms in total. The van der Waals surface area contributed by atoms with Gasteiger partial charge >= 0.3 is 0 Å². The standard InChI is InChI=1S/C15H17N3O2/c1-10-13(16-14(19)11-8-9-11)15(20)18(17(10)2)12-6-4-3-5-7-12/h3-7,11H,8-9H2,1-2H3,(H,16,19). The predicted molar refractivity (Wildman–Crippen MR) is 77.1 cm³/mol. The highest BCUT2D eigenvalue weighted by Gasteiger charge is 2.31. The highest BCUT2D eigenvalue weighted by Crippen LogP contribution is 2.30. The number of nitrogens with one attached hydrogen (secondary N) is 1. The Morgan fingerprint density at radius 3 is 2.50 bits per heavy atom. The normalized spacial score (nSPS) is 14.3. The van der Waals surface area contributed by atoms with Gasteiger partial charge in [-0.3, -0.25) is 14.3 Å². The second-order valence-electron chi connectivity index (χ2n) is 5.20. The summed E-state index contributed by atoms with van der Waals surface area (Å²) in [5, 5.41) is 2.78. The van der Waals surface area contributed by atoms with Gasteiger partial charge in [0.1, 0.15) is 5.69 Å². The van der Waals surface area contributed by atoms with Gasteiger partial charge in [0.25, 0.3) is 5.56 Å². The molecule has 1 saturated carbocycles. The van der Waals surface area contributed by atoms with Crippen LogP contribution in [0.4, 0.5) is 5.69 Å². The predicted octanol–water partition coefficient (Wildman–Crippen LogP) is 1.83. The number of amides is 1. The van der Waals surface area contributed by atoms with Gasteiger partial charge in [0.15, 0.2) is 0 Å². The molecular formula is C15H17N3O2. The quantitative estimate of drug-likeness (QED) is 0.926. The van der Waals surface area contributed by atoms with Gasteiger partial charge in [0.2, 0.25) is 5.91 Å². The van der Waals surface area contributed by atoms with Crippen LogP contribution in [-0.2, 0) is 11.8 Å². The summed E-state index contributed by atoms with van der Waals surface area (Å²) in [6, 6.07) is 9.40. The Balaban J connectivity index is 2.04. The van der Waals surface area contributed by atoms with Gasteiger partial charge in [-0.2, -0.15) is 0 Å². The third kappa shape index (κ3) is 2.05. The van der Waals surface area contributed by atoms with Crippen molar-refractivity contribution in [2.45, 2.75) is 19.8 Å². The number of carbonyl (C=O) groups is 1. The molecule has 1 fully saturated rings. The summed E-state index contributed by atoms with van der Waals surface area (Å²) >= 11 is 0. The summed E-state index contributed by atoms with van der Waals surface area (Å²) in [5.41, 5.74) is 1.74. The maximum absolute atomic E-state index is 12.5. The Kier molecular flexibility index (Phi) is 2.97. The fourth-order valence-electron chi connectivity index (χ4n) is 2.28. The van der Waals surface area contributed by atoms with Crippen molar-refractivity contribution in [3.8, 4) is 5.69 Å². The third-order valence-electron chi connectivity index (χ3n) is 3.75. The molecular weight excluding hydrogens is 254 g/mol. The lowest BCUT2D eigenvalue weighted by Crippen LogP contribution is -2.23. The number of hydrogen-bond donors (Lipinski definition) is 1. The van der Waals surface area contributed by atoms with Crippen LogP contribution in [0.1, 0.15) is 18.5 Å². The molecule has 1 aromatic carbocycles. The highest BCUT2D eigenvalue weighted by atomic mass is 16.2. The fraction of sp³-hybridized carbons (Fsp3) is 0.333. The molecule has 5 heteroatoms. The van der Waals surface area contributed by atoms with Crippen LogP contribution in [0.25, 0.3) is 5.69 Å². The van der Waals surface area contributed by atoms with E-state index in [-0.39, 0.29) is 17.4 Å². The van der Waals surface area contributed by atoms with E-state index in [0.29, 0.717) is 5.69 Å². The van der Waals surface area contributed by atoms with E-state index in [2.05, 4.69) is 5.32 Å². The average molecular weight is 271 g/mol. The Hall–Kier alpha value is -2.30. The minimum absolute atomic E-state index is 0.0454. The second-order valence-corrected chi connectivity index (χ2v) is 5.20. The van der Waals surface area contributed by atoms with Crippen LogP contribution in [-0.4, -0.2) is 15.3 Å². The lowest BCUT2D eigenvalue weighted by molar-refractivity contribution is -0.117. The van der Waals surface area contributed by atoms with Crippen LogP contribution < -0.4 is 10.9 Å². The number of hydrogen-bond acceptors (Lipinski definition) is 2. The smallest absolute Gasteiger partial charge is 0.295 e. The molecule has 0 spiro atoms. The molecule has 1 aliphatic rings. The summed E-state index contributed by atoms with van der Waals surface area (Å²) in [6.45, 7) is 1.84. The van der Waals surface area contributed by atoms with Gasteiger partial charge < -0.3 is 5.32 Å². The zero-order chi connectivity index (χ0) is 14.3. The SMILES string of the molecule is Cc1c(NC(=O)C2CC2)c(=O)n(-c2ccccc2)n1C. The molecule has 0 atom stereocenters. The van der Waals surface area contributed by atoms with E-state index in [0.717, 1.165) is 24.2 Å². The monoisotopic (exact) mass is 271 g/mol. The van der Waals surface area contributed by atoms with E-state index in [1.54, 1.807) is 9.36 Å². The van der Waals surface area contributed by atoms with Crippen LogP contribution in [0.3, 0.4) is 0 Å². The molecule has 0 unspecified atom stereocenters. The van der Waals surface area contributed by atoms with Crippen molar-refractivity contribution in [2.24, 2.45) is 13.0 Å². The molecule has 0 saturated heterocycles. The van der Waals surface area contributed by atoms with Crippen LogP contribution in [0, 0.1) is 12.8 Å². The summed E-state index contributed by atoms with van der Waals surface area (Å²) in [5.74, 6) is 0.0372. The van der Waals surface area contributed by atoms with Crippen molar-refractivity contribution < 1.29 is 4.79 Å². The number of aromatic nitrogens is 2. The molecule has 3 rings (SSSR count). The Morgan fingerprint density at radius 1 is 1.25 bits per heavy atom. The number of carbonyl (C=O) groups excluding carboxylic acids is 1. The summed E-state index contributed by atoms with van der Waals surface area (Å²) in [6.07, 6.45) is 1.84. The first-order valence-electron chi connectivity index (χ1n) is 6.74. The van der Waals surface area contributed by atoms with Crippen molar-refractivity contribution in [3.05, 3.63) is 46.4 Å².